The van der Waals surface area contributed by atoms with Gasteiger partial charge in [-0.25, -0.2) is 9.38 Å². The topological polar surface area (TPSA) is 104 Å². The smallest absolute Gasteiger partial charge is 0.292 e. The van der Waals surface area contributed by atoms with E-state index >= 15 is 0 Å². The lowest BCUT2D eigenvalue weighted by atomic mass is 9.93. The first kappa shape index (κ1) is 14.5. The van der Waals surface area contributed by atoms with Crippen molar-refractivity contribution in [2.75, 3.05) is 14.2 Å². The van der Waals surface area contributed by atoms with Gasteiger partial charge >= 0.3 is 0 Å². The van der Waals surface area contributed by atoms with Gasteiger partial charge in [-0.3, -0.25) is 0 Å². The van der Waals surface area contributed by atoms with Gasteiger partial charge in [-0.15, -0.1) is 0 Å². The van der Waals surface area contributed by atoms with E-state index in [1.807, 2.05) is 0 Å². The molecule has 1 saturated carbocycles. The van der Waals surface area contributed by atoms with Crippen LogP contribution in [0, 0.1) is 39.3 Å². The third-order valence-electron chi connectivity index (χ3n) is 4.68. The zero-order valence-corrected chi connectivity index (χ0v) is 12.0. The summed E-state index contributed by atoms with van der Waals surface area (Å²) in [5.74, 6) is -2.67. The fourth-order valence-corrected chi connectivity index (χ4v) is 3.68. The second kappa shape index (κ2) is 4.26. The van der Waals surface area contributed by atoms with E-state index in [0.29, 0.717) is 5.56 Å². The van der Waals surface area contributed by atoms with Gasteiger partial charge in [0.15, 0.2) is 5.41 Å². The molecule has 22 heavy (non-hydrogen) atoms. The molecule has 0 unspecified atom stereocenters. The number of fused-ring (bicyclic) bond motifs is 1. The molecule has 1 aromatic carbocycles. The molecule has 1 fully saturated rings. The summed E-state index contributed by atoms with van der Waals surface area (Å²) >= 11 is 0. The quantitative estimate of drug-likeness (QED) is 0.846. The molecule has 0 radical (unpaired) electrons. The number of methoxy groups -OCH3 is 2. The molecule has 0 spiro atoms. The van der Waals surface area contributed by atoms with Crippen molar-refractivity contribution < 1.29 is 13.9 Å². The van der Waals surface area contributed by atoms with Gasteiger partial charge in [-0.2, -0.15) is 10.5 Å². The number of nitrogens with zero attached hydrogens (tertiary/aromatic N) is 3. The molecule has 3 rings (SSSR count). The second-order valence-corrected chi connectivity index (χ2v) is 5.31. The maximum atomic E-state index is 13.1. The van der Waals surface area contributed by atoms with Crippen molar-refractivity contribution in [3.05, 3.63) is 35.6 Å². The van der Waals surface area contributed by atoms with E-state index in [1.165, 1.54) is 38.5 Å². The van der Waals surface area contributed by atoms with Crippen LogP contribution in [0.15, 0.2) is 29.3 Å². The molecule has 1 heterocycles. The monoisotopic (exact) mass is 300 g/mol. The largest absolute Gasteiger partial charge is 0.386 e. The molecule has 1 aromatic rings. The highest BCUT2D eigenvalue weighted by Crippen LogP contribution is 2.81. The summed E-state index contributed by atoms with van der Waals surface area (Å²) in [6.45, 7) is 0. The summed E-state index contributed by atoms with van der Waals surface area (Å²) < 4.78 is 23.8. The fourth-order valence-electron chi connectivity index (χ4n) is 3.68. The molecule has 6 nitrogen and oxygen atoms in total. The van der Waals surface area contributed by atoms with E-state index in [1.54, 1.807) is 0 Å². The predicted octanol–water partition coefficient (Wildman–Crippen LogP) is 1.26. The lowest BCUT2D eigenvalue weighted by Crippen LogP contribution is -2.41. The van der Waals surface area contributed by atoms with Crippen molar-refractivity contribution in [2.24, 2.45) is 21.6 Å². The molecule has 1 aliphatic heterocycles. The minimum atomic E-state index is -1.65. The van der Waals surface area contributed by atoms with Crippen LogP contribution in [-0.2, 0) is 9.47 Å². The molecular weight excluding hydrogens is 287 g/mol. The van der Waals surface area contributed by atoms with Crippen molar-refractivity contribution in [1.29, 1.82) is 10.5 Å². The van der Waals surface area contributed by atoms with Gasteiger partial charge in [0, 0.05) is 20.1 Å². The Morgan fingerprint density at radius 3 is 2.23 bits per heavy atom. The third kappa shape index (κ3) is 1.22. The Bertz CT molecular complexity index is 744. The Balaban J connectivity index is 2.23. The lowest BCUT2D eigenvalue weighted by molar-refractivity contribution is -0.230. The van der Waals surface area contributed by atoms with Gasteiger partial charge in [-0.1, -0.05) is 12.1 Å². The van der Waals surface area contributed by atoms with Crippen molar-refractivity contribution in [1.82, 2.24) is 0 Å². The van der Waals surface area contributed by atoms with E-state index in [-0.39, 0.29) is 5.84 Å². The summed E-state index contributed by atoms with van der Waals surface area (Å²) in [6.07, 6.45) is 0. The molecule has 0 amide bonds. The summed E-state index contributed by atoms with van der Waals surface area (Å²) in [7, 11) is 2.68. The molecule has 1 aliphatic carbocycles. The minimum absolute atomic E-state index is 0.00502. The zero-order valence-electron chi connectivity index (χ0n) is 12.0. The number of hydrogen-bond acceptors (Lipinski definition) is 6. The van der Waals surface area contributed by atoms with Crippen molar-refractivity contribution in [2.45, 2.75) is 11.8 Å². The minimum Gasteiger partial charge on any atom is -0.386 e. The SMILES string of the molecule is COC1(OC)N=C(N)[C@]2(C#N)[C@H](c3ccc(F)cc3)[C@]12C#N. The number of amidine groups is 1. The number of halogens is 1. The number of ether oxygens (including phenoxy) is 2. The summed E-state index contributed by atoms with van der Waals surface area (Å²) in [5, 5.41) is 19.5. The molecule has 2 N–H and O–H groups in total. The van der Waals surface area contributed by atoms with Crippen molar-refractivity contribution in [3.8, 4) is 12.1 Å². The third-order valence-corrected chi connectivity index (χ3v) is 4.68. The van der Waals surface area contributed by atoms with Crippen LogP contribution in [0.2, 0.25) is 0 Å². The first-order valence-electron chi connectivity index (χ1n) is 6.53. The average molecular weight is 300 g/mol. The van der Waals surface area contributed by atoms with Crippen LogP contribution in [0.25, 0.3) is 0 Å². The van der Waals surface area contributed by atoms with Gasteiger partial charge in [-0.05, 0) is 17.7 Å². The second-order valence-electron chi connectivity index (χ2n) is 5.31. The normalized spacial score (nSPS) is 34.2. The van der Waals surface area contributed by atoms with Gasteiger partial charge in [0.25, 0.3) is 5.91 Å². The zero-order chi connectivity index (χ0) is 16.2. The first-order chi connectivity index (χ1) is 10.5. The van der Waals surface area contributed by atoms with Crippen molar-refractivity contribution in [3.63, 3.8) is 0 Å². The molecule has 112 valence electrons. The lowest BCUT2D eigenvalue weighted by Gasteiger charge is -2.29. The Kier molecular flexibility index (Phi) is 2.80. The number of nitriles is 2. The molecule has 0 aromatic heterocycles. The number of rotatable bonds is 3. The van der Waals surface area contributed by atoms with Gasteiger partial charge < -0.3 is 15.2 Å². The van der Waals surface area contributed by atoms with E-state index in [9.17, 15) is 14.9 Å². The highest BCUT2D eigenvalue weighted by molar-refractivity contribution is 6.00. The Morgan fingerprint density at radius 2 is 1.77 bits per heavy atom. The van der Waals surface area contributed by atoms with Crippen LogP contribution in [0.4, 0.5) is 4.39 Å². The molecule has 0 saturated heterocycles. The highest BCUT2D eigenvalue weighted by atomic mass is 19.1. The fraction of sp³-hybridized carbons (Fsp3) is 0.400. The number of nitrogens with two attached hydrogens (primary N) is 1. The molecule has 3 atom stereocenters. The maximum absolute atomic E-state index is 13.1. The predicted molar refractivity (Wildman–Crippen MR) is 73.6 cm³/mol. The Labute approximate surface area is 126 Å². The van der Waals surface area contributed by atoms with Crippen LogP contribution in [0.1, 0.15) is 11.5 Å². The van der Waals surface area contributed by atoms with Gasteiger partial charge in [0.05, 0.1) is 12.1 Å². The van der Waals surface area contributed by atoms with E-state index in [0.717, 1.165) is 0 Å². The molecule has 0 bridgehead atoms. The Morgan fingerprint density at radius 1 is 1.18 bits per heavy atom. The van der Waals surface area contributed by atoms with Gasteiger partial charge in [0.2, 0.25) is 0 Å². The molecular formula is C15H13FN4O2. The summed E-state index contributed by atoms with van der Waals surface area (Å²) in [5.41, 5.74) is 3.82. The van der Waals surface area contributed by atoms with Crippen LogP contribution in [-0.4, -0.2) is 26.0 Å². The number of aliphatic imine (C=N–C) groups is 1. The average Bonchev–Trinajstić information content (AvgIpc) is 3.11. The number of benzene rings is 1. The maximum Gasteiger partial charge on any atom is 0.292 e. The summed E-state index contributed by atoms with van der Waals surface area (Å²) in [4.78, 5) is 4.10. The van der Waals surface area contributed by atoms with E-state index < -0.39 is 28.5 Å². The van der Waals surface area contributed by atoms with Crippen molar-refractivity contribution >= 4 is 5.84 Å². The van der Waals surface area contributed by atoms with Crippen LogP contribution in [0.5, 0.6) is 0 Å². The van der Waals surface area contributed by atoms with E-state index in [4.69, 9.17) is 15.2 Å². The van der Waals surface area contributed by atoms with Crippen LogP contribution < -0.4 is 5.73 Å². The number of hydrogen-bond donors (Lipinski definition) is 1. The van der Waals surface area contributed by atoms with Gasteiger partial charge in [0.1, 0.15) is 17.1 Å². The summed E-state index contributed by atoms with van der Waals surface area (Å²) in [6, 6.07) is 9.84. The van der Waals surface area contributed by atoms with E-state index in [2.05, 4.69) is 17.1 Å². The molecule has 2 aliphatic rings. The standard InChI is InChI=1S/C15H13FN4O2/c1-21-15(22-2)14(8-18)11(9-3-5-10(16)6-4-9)13(14,7-17)12(19)20-15/h3-6,11H,1-2H3,(H2,19,20)/t11-,13-,14-/m0/s1. The van der Waals surface area contributed by atoms with Crippen LogP contribution >= 0.6 is 0 Å². The Hall–Kier alpha value is -2.48. The first-order valence-corrected chi connectivity index (χ1v) is 6.53. The highest BCUT2D eigenvalue weighted by Gasteiger charge is 2.93. The molecule has 7 heteroatoms. The van der Waals surface area contributed by atoms with Crippen LogP contribution in [0.3, 0.4) is 0 Å².